The van der Waals surface area contributed by atoms with Gasteiger partial charge in [-0.25, -0.2) is 0 Å². The fourth-order valence-electron chi connectivity index (χ4n) is 1.86. The second-order valence-electron chi connectivity index (χ2n) is 3.95. The number of anilines is 1. The monoisotopic (exact) mass is 247 g/mol. The topological polar surface area (TPSA) is 73.6 Å². The molecule has 0 saturated carbocycles. The van der Waals surface area contributed by atoms with Gasteiger partial charge in [-0.15, -0.1) is 5.10 Å². The average Bonchev–Trinajstić information content (AvgIpc) is 2.42. The fraction of sp³-hybridized carbons (Fsp3) is 0.615. The Morgan fingerprint density at radius 1 is 1.11 bits per heavy atom. The smallest absolute Gasteiger partial charge is 0.166 e. The van der Waals surface area contributed by atoms with Crippen molar-refractivity contribution in [3.05, 3.63) is 16.8 Å². The Bertz CT molecular complexity index is 422. The molecule has 0 aromatic carbocycles. The molecular formula is C13H21N5. The summed E-state index contributed by atoms with van der Waals surface area (Å²) >= 11 is 0. The zero-order valence-electron chi connectivity index (χ0n) is 11.4. The van der Waals surface area contributed by atoms with Crippen LogP contribution in [0.25, 0.3) is 0 Å². The van der Waals surface area contributed by atoms with Crippen LogP contribution in [0.1, 0.15) is 37.6 Å². The molecule has 0 amide bonds. The van der Waals surface area contributed by atoms with Gasteiger partial charge in [0.25, 0.3) is 0 Å². The second kappa shape index (κ2) is 7.62. The first kappa shape index (κ1) is 14.4. The van der Waals surface area contributed by atoms with Crippen LogP contribution in [-0.4, -0.2) is 29.8 Å². The molecule has 98 valence electrons. The molecule has 0 aliphatic rings. The first-order valence-electron chi connectivity index (χ1n) is 6.51. The number of nitrogens with zero attached hydrogens (tertiary/aromatic N) is 3. The SMILES string of the molecule is CCNCCNc1nnc(CC)c(CC)c1C#N. The molecule has 1 heterocycles. The van der Waals surface area contributed by atoms with Crippen LogP contribution in [0.5, 0.6) is 0 Å². The summed E-state index contributed by atoms with van der Waals surface area (Å²) in [5.74, 6) is 0.601. The largest absolute Gasteiger partial charge is 0.366 e. The summed E-state index contributed by atoms with van der Waals surface area (Å²) in [4.78, 5) is 0. The zero-order chi connectivity index (χ0) is 13.4. The van der Waals surface area contributed by atoms with Gasteiger partial charge in [0, 0.05) is 13.1 Å². The van der Waals surface area contributed by atoms with E-state index in [1.807, 2.05) is 13.8 Å². The van der Waals surface area contributed by atoms with Crippen molar-refractivity contribution in [3.63, 3.8) is 0 Å². The predicted octanol–water partition coefficient (Wildman–Crippen LogP) is 1.49. The number of nitriles is 1. The quantitative estimate of drug-likeness (QED) is 0.714. The van der Waals surface area contributed by atoms with Crippen molar-refractivity contribution in [2.75, 3.05) is 25.0 Å². The standard InChI is InChI=1S/C13H21N5/c1-4-10-11(9-14)13(16-8-7-15-6-3)18-17-12(10)5-2/h15H,4-8H2,1-3H3,(H,16,18). The predicted molar refractivity (Wildman–Crippen MR) is 72.5 cm³/mol. The number of nitrogens with one attached hydrogen (secondary N) is 2. The van der Waals surface area contributed by atoms with Gasteiger partial charge in [-0.2, -0.15) is 10.4 Å². The highest BCUT2D eigenvalue weighted by Gasteiger charge is 2.13. The van der Waals surface area contributed by atoms with Gasteiger partial charge in [-0.1, -0.05) is 20.8 Å². The zero-order valence-corrected chi connectivity index (χ0v) is 11.4. The Hall–Kier alpha value is -1.67. The van der Waals surface area contributed by atoms with E-state index in [2.05, 4.69) is 33.8 Å². The highest BCUT2D eigenvalue weighted by Crippen LogP contribution is 2.19. The molecule has 1 aromatic heterocycles. The van der Waals surface area contributed by atoms with E-state index in [4.69, 9.17) is 0 Å². The van der Waals surface area contributed by atoms with E-state index in [0.717, 1.165) is 43.7 Å². The number of aryl methyl sites for hydroxylation is 1. The molecule has 18 heavy (non-hydrogen) atoms. The lowest BCUT2D eigenvalue weighted by atomic mass is 10.0. The minimum absolute atomic E-state index is 0.601. The molecule has 0 fully saturated rings. The maximum absolute atomic E-state index is 9.28. The first-order valence-corrected chi connectivity index (χ1v) is 6.51. The van der Waals surface area contributed by atoms with Crippen molar-refractivity contribution in [3.8, 4) is 6.07 Å². The molecule has 0 atom stereocenters. The number of hydrogen-bond acceptors (Lipinski definition) is 5. The van der Waals surface area contributed by atoms with Crippen molar-refractivity contribution in [1.29, 1.82) is 5.26 Å². The van der Waals surface area contributed by atoms with Crippen molar-refractivity contribution in [2.45, 2.75) is 33.6 Å². The molecule has 0 bridgehead atoms. The van der Waals surface area contributed by atoms with E-state index in [1.54, 1.807) is 0 Å². The van der Waals surface area contributed by atoms with Crippen molar-refractivity contribution in [1.82, 2.24) is 15.5 Å². The van der Waals surface area contributed by atoms with Gasteiger partial charge in [-0.05, 0) is 24.9 Å². The van der Waals surface area contributed by atoms with Crippen LogP contribution in [0.2, 0.25) is 0 Å². The van der Waals surface area contributed by atoms with E-state index in [-0.39, 0.29) is 0 Å². The van der Waals surface area contributed by atoms with E-state index in [1.165, 1.54) is 0 Å². The first-order chi connectivity index (χ1) is 8.78. The molecule has 0 spiro atoms. The van der Waals surface area contributed by atoms with E-state index in [0.29, 0.717) is 11.4 Å². The molecule has 5 heteroatoms. The maximum Gasteiger partial charge on any atom is 0.166 e. The van der Waals surface area contributed by atoms with Gasteiger partial charge < -0.3 is 10.6 Å². The molecule has 0 saturated heterocycles. The second-order valence-corrected chi connectivity index (χ2v) is 3.95. The number of rotatable bonds is 7. The van der Waals surface area contributed by atoms with E-state index >= 15 is 0 Å². The van der Waals surface area contributed by atoms with Crippen LogP contribution < -0.4 is 10.6 Å². The Balaban J connectivity index is 2.89. The summed E-state index contributed by atoms with van der Waals surface area (Å²) in [6, 6.07) is 2.25. The molecule has 0 unspecified atom stereocenters. The van der Waals surface area contributed by atoms with Gasteiger partial charge in [0.15, 0.2) is 5.82 Å². The molecule has 0 aliphatic heterocycles. The highest BCUT2D eigenvalue weighted by molar-refractivity contribution is 5.56. The molecule has 2 N–H and O–H groups in total. The average molecular weight is 247 g/mol. The Labute approximate surface area is 109 Å². The summed E-state index contributed by atoms with van der Waals surface area (Å²) in [7, 11) is 0. The van der Waals surface area contributed by atoms with E-state index < -0.39 is 0 Å². The third-order valence-corrected chi connectivity index (χ3v) is 2.80. The Morgan fingerprint density at radius 3 is 2.44 bits per heavy atom. The third-order valence-electron chi connectivity index (χ3n) is 2.80. The summed E-state index contributed by atoms with van der Waals surface area (Å²) < 4.78 is 0. The van der Waals surface area contributed by atoms with Crippen molar-refractivity contribution < 1.29 is 0 Å². The summed E-state index contributed by atoms with van der Waals surface area (Å²) in [5, 5.41) is 24.0. The molecule has 5 nitrogen and oxygen atoms in total. The summed E-state index contributed by atoms with van der Waals surface area (Å²) in [5.41, 5.74) is 2.58. The van der Waals surface area contributed by atoms with Crippen LogP contribution in [0.4, 0.5) is 5.82 Å². The summed E-state index contributed by atoms with van der Waals surface area (Å²) in [6.07, 6.45) is 1.62. The van der Waals surface area contributed by atoms with Gasteiger partial charge in [0.2, 0.25) is 0 Å². The molecule has 0 aliphatic carbocycles. The minimum Gasteiger partial charge on any atom is -0.366 e. The summed E-state index contributed by atoms with van der Waals surface area (Å²) in [6.45, 7) is 8.66. The number of likely N-dealkylation sites (N-methyl/N-ethyl adjacent to an activating group) is 1. The van der Waals surface area contributed by atoms with Gasteiger partial charge in [0.05, 0.1) is 5.69 Å². The van der Waals surface area contributed by atoms with Crippen LogP contribution >= 0.6 is 0 Å². The Morgan fingerprint density at radius 2 is 1.89 bits per heavy atom. The van der Waals surface area contributed by atoms with Crippen LogP contribution in [-0.2, 0) is 12.8 Å². The van der Waals surface area contributed by atoms with E-state index in [9.17, 15) is 5.26 Å². The van der Waals surface area contributed by atoms with Crippen LogP contribution in [0.15, 0.2) is 0 Å². The third kappa shape index (κ3) is 3.41. The van der Waals surface area contributed by atoms with Crippen molar-refractivity contribution >= 4 is 5.82 Å². The molecular weight excluding hydrogens is 226 g/mol. The van der Waals surface area contributed by atoms with Gasteiger partial charge in [0.1, 0.15) is 11.6 Å². The lowest BCUT2D eigenvalue weighted by molar-refractivity contribution is 0.735. The van der Waals surface area contributed by atoms with Crippen LogP contribution in [0, 0.1) is 11.3 Å². The Kier molecular flexibility index (Phi) is 6.09. The molecule has 1 aromatic rings. The lowest BCUT2D eigenvalue weighted by Crippen LogP contribution is -2.22. The lowest BCUT2D eigenvalue weighted by Gasteiger charge is -2.11. The number of hydrogen-bond donors (Lipinski definition) is 2. The number of aromatic nitrogens is 2. The fourth-order valence-corrected chi connectivity index (χ4v) is 1.86. The normalized spacial score (nSPS) is 10.1. The maximum atomic E-state index is 9.28. The van der Waals surface area contributed by atoms with Crippen LogP contribution in [0.3, 0.4) is 0 Å². The highest BCUT2D eigenvalue weighted by atomic mass is 15.2. The minimum atomic E-state index is 0.601. The molecule has 1 rings (SSSR count). The molecule has 0 radical (unpaired) electrons. The van der Waals surface area contributed by atoms with Crippen molar-refractivity contribution in [2.24, 2.45) is 0 Å². The van der Waals surface area contributed by atoms with Gasteiger partial charge >= 0.3 is 0 Å². The van der Waals surface area contributed by atoms with Gasteiger partial charge in [-0.3, -0.25) is 0 Å².